The van der Waals surface area contributed by atoms with E-state index in [2.05, 4.69) is 4.98 Å². The molecular weight excluding hydrogens is 278 g/mol. The van der Waals surface area contributed by atoms with Crippen LogP contribution in [0.3, 0.4) is 0 Å². The molecule has 1 heterocycles. The Balaban J connectivity index is 2.81. The highest BCUT2D eigenvalue weighted by atomic mass is 16.5. The summed E-state index contributed by atoms with van der Waals surface area (Å²) in [6, 6.07) is 3.98. The van der Waals surface area contributed by atoms with Crippen molar-refractivity contribution in [2.75, 3.05) is 33.2 Å². The van der Waals surface area contributed by atoms with E-state index < -0.39 is 0 Å². The van der Waals surface area contributed by atoms with E-state index in [4.69, 9.17) is 14.5 Å². The Kier molecular flexibility index (Phi) is 4.54. The summed E-state index contributed by atoms with van der Waals surface area (Å²) in [5, 5.41) is 0. The summed E-state index contributed by atoms with van der Waals surface area (Å²) < 4.78 is 11.1. The number of benzene rings is 1. The van der Waals surface area contributed by atoms with E-state index in [0.717, 1.165) is 39.6 Å². The summed E-state index contributed by atoms with van der Waals surface area (Å²) in [5.41, 5.74) is 4.74. The van der Waals surface area contributed by atoms with Gasteiger partial charge in [0, 0.05) is 19.8 Å². The molecule has 22 heavy (non-hydrogen) atoms. The average molecular weight is 301 g/mol. The second kappa shape index (κ2) is 6.22. The Morgan fingerprint density at radius 1 is 0.909 bits per heavy atom. The van der Waals surface area contributed by atoms with Gasteiger partial charge < -0.3 is 14.4 Å². The molecule has 0 radical (unpaired) electrons. The number of aromatic nitrogens is 2. The molecule has 0 amide bonds. The molecule has 0 saturated heterocycles. The molecule has 1 aromatic carbocycles. The van der Waals surface area contributed by atoms with Crippen LogP contribution < -0.4 is 14.4 Å². The zero-order valence-corrected chi connectivity index (χ0v) is 14.3. The van der Waals surface area contributed by atoms with Crippen molar-refractivity contribution in [1.82, 2.24) is 9.97 Å². The normalized spacial score (nSPS) is 10.5. The van der Waals surface area contributed by atoms with Gasteiger partial charge in [-0.25, -0.2) is 9.97 Å². The Morgan fingerprint density at radius 2 is 1.45 bits per heavy atom. The molecule has 1 aromatic heterocycles. The second-order valence-corrected chi connectivity index (χ2v) is 5.52. The molecule has 5 nitrogen and oxygen atoms in total. The molecule has 0 fully saturated rings. The molecule has 0 atom stereocenters. The molecule has 0 aliphatic carbocycles. The van der Waals surface area contributed by atoms with Gasteiger partial charge in [-0.05, 0) is 44.0 Å². The highest BCUT2D eigenvalue weighted by molar-refractivity contribution is 5.78. The summed E-state index contributed by atoms with van der Waals surface area (Å²) in [4.78, 5) is 11.1. The average Bonchev–Trinajstić information content (AvgIpc) is 2.48. The largest absolute Gasteiger partial charge is 0.496 e. The maximum atomic E-state index is 5.56. The van der Waals surface area contributed by atoms with Gasteiger partial charge in [0.05, 0.1) is 25.5 Å². The second-order valence-electron chi connectivity index (χ2n) is 5.52. The van der Waals surface area contributed by atoms with E-state index in [9.17, 15) is 0 Å². The monoisotopic (exact) mass is 301 g/mol. The van der Waals surface area contributed by atoms with E-state index in [1.54, 1.807) is 14.2 Å². The van der Waals surface area contributed by atoms with Crippen molar-refractivity contribution in [3.05, 3.63) is 29.0 Å². The third kappa shape index (κ3) is 2.84. The maximum Gasteiger partial charge on any atom is 0.225 e. The minimum atomic E-state index is 0.669. The molecule has 118 valence electrons. The fraction of sp³-hybridized carbons (Fsp3) is 0.412. The molecular formula is C17H23N3O2. The fourth-order valence-electron chi connectivity index (χ4n) is 2.33. The summed E-state index contributed by atoms with van der Waals surface area (Å²) in [5.74, 6) is 2.17. The topological polar surface area (TPSA) is 47.5 Å². The first-order chi connectivity index (χ1) is 10.4. The third-order valence-corrected chi connectivity index (χ3v) is 3.66. The van der Waals surface area contributed by atoms with E-state index >= 15 is 0 Å². The lowest BCUT2D eigenvalue weighted by atomic mass is 10.0. The molecule has 0 N–H and O–H groups in total. The van der Waals surface area contributed by atoms with Crippen molar-refractivity contribution < 1.29 is 9.47 Å². The first-order valence-corrected chi connectivity index (χ1v) is 7.14. The number of hydrogen-bond donors (Lipinski definition) is 0. The summed E-state index contributed by atoms with van der Waals surface area (Å²) in [7, 11) is 7.18. The fourth-order valence-corrected chi connectivity index (χ4v) is 2.33. The molecule has 2 aromatic rings. The van der Waals surface area contributed by atoms with Gasteiger partial charge in [0.25, 0.3) is 0 Å². The van der Waals surface area contributed by atoms with Crippen LogP contribution in [-0.4, -0.2) is 38.3 Å². The van der Waals surface area contributed by atoms with Crippen LogP contribution in [0.2, 0.25) is 0 Å². The predicted octanol–water partition coefficient (Wildman–Crippen LogP) is 3.15. The molecule has 0 saturated carbocycles. The van der Waals surface area contributed by atoms with Crippen molar-refractivity contribution in [3.63, 3.8) is 0 Å². The molecule has 0 aliphatic rings. The lowest BCUT2D eigenvalue weighted by molar-refractivity contribution is 0.396. The number of rotatable bonds is 4. The van der Waals surface area contributed by atoms with Crippen molar-refractivity contribution in [1.29, 1.82) is 0 Å². The van der Waals surface area contributed by atoms with Gasteiger partial charge in [0.15, 0.2) is 0 Å². The van der Waals surface area contributed by atoms with Gasteiger partial charge in [0.2, 0.25) is 5.95 Å². The number of ether oxygens (including phenoxy) is 2. The van der Waals surface area contributed by atoms with Crippen LogP contribution in [0, 0.1) is 20.8 Å². The molecule has 0 spiro atoms. The van der Waals surface area contributed by atoms with Crippen LogP contribution >= 0.6 is 0 Å². The molecule has 0 aliphatic heterocycles. The van der Waals surface area contributed by atoms with Crippen molar-refractivity contribution >= 4 is 5.95 Å². The molecule has 5 heteroatoms. The predicted molar refractivity (Wildman–Crippen MR) is 89.1 cm³/mol. The van der Waals surface area contributed by atoms with Crippen molar-refractivity contribution in [2.45, 2.75) is 20.8 Å². The lowest BCUT2D eigenvalue weighted by Gasteiger charge is -2.19. The SMILES string of the molecule is COc1cc(C)cc(OC)c1-c1nc(N(C)C)nc(C)c1C. The Hall–Kier alpha value is -2.30. The number of hydrogen-bond acceptors (Lipinski definition) is 5. The van der Waals surface area contributed by atoms with E-state index in [1.807, 2.05) is 51.9 Å². The van der Waals surface area contributed by atoms with Crippen LogP contribution in [0.25, 0.3) is 11.3 Å². The van der Waals surface area contributed by atoms with Gasteiger partial charge >= 0.3 is 0 Å². The number of anilines is 1. The smallest absolute Gasteiger partial charge is 0.225 e. The highest BCUT2D eigenvalue weighted by Gasteiger charge is 2.20. The first-order valence-electron chi connectivity index (χ1n) is 7.14. The summed E-state index contributed by atoms with van der Waals surface area (Å²) in [6.45, 7) is 6.02. The van der Waals surface area contributed by atoms with Crippen LogP contribution in [0.5, 0.6) is 11.5 Å². The third-order valence-electron chi connectivity index (χ3n) is 3.66. The minimum absolute atomic E-state index is 0.669. The Labute approximate surface area is 131 Å². The molecule has 2 rings (SSSR count). The first kappa shape index (κ1) is 16.1. The van der Waals surface area contributed by atoms with Gasteiger partial charge in [-0.1, -0.05) is 0 Å². The van der Waals surface area contributed by atoms with Crippen molar-refractivity contribution in [3.8, 4) is 22.8 Å². The molecule has 0 bridgehead atoms. The summed E-state index contributed by atoms with van der Waals surface area (Å²) >= 11 is 0. The van der Waals surface area contributed by atoms with Crippen LogP contribution in [0.4, 0.5) is 5.95 Å². The summed E-state index contributed by atoms with van der Waals surface area (Å²) in [6.07, 6.45) is 0. The zero-order chi connectivity index (χ0) is 16.4. The number of nitrogens with zero attached hydrogens (tertiary/aromatic N) is 3. The van der Waals surface area contributed by atoms with Gasteiger partial charge in [-0.3, -0.25) is 0 Å². The van der Waals surface area contributed by atoms with E-state index in [-0.39, 0.29) is 0 Å². The number of aryl methyl sites for hydroxylation is 2. The Bertz CT molecular complexity index is 672. The number of methoxy groups -OCH3 is 2. The lowest BCUT2D eigenvalue weighted by Crippen LogP contribution is -2.14. The highest BCUT2D eigenvalue weighted by Crippen LogP contribution is 2.40. The maximum absolute atomic E-state index is 5.56. The Morgan fingerprint density at radius 3 is 1.91 bits per heavy atom. The van der Waals surface area contributed by atoms with Crippen LogP contribution in [-0.2, 0) is 0 Å². The van der Waals surface area contributed by atoms with Crippen LogP contribution in [0.1, 0.15) is 16.8 Å². The minimum Gasteiger partial charge on any atom is -0.496 e. The standard InChI is InChI=1S/C17H23N3O2/c1-10-8-13(21-6)15(14(9-10)22-7)16-11(2)12(3)18-17(19-16)20(4)5/h8-9H,1-7H3. The van der Waals surface area contributed by atoms with Crippen LogP contribution in [0.15, 0.2) is 12.1 Å². The van der Waals surface area contributed by atoms with E-state index in [0.29, 0.717) is 5.95 Å². The van der Waals surface area contributed by atoms with E-state index in [1.165, 1.54) is 0 Å². The quantitative estimate of drug-likeness (QED) is 0.868. The molecule has 0 unspecified atom stereocenters. The van der Waals surface area contributed by atoms with Gasteiger partial charge in [0.1, 0.15) is 11.5 Å². The van der Waals surface area contributed by atoms with Crippen molar-refractivity contribution in [2.24, 2.45) is 0 Å². The zero-order valence-electron chi connectivity index (χ0n) is 14.3. The van der Waals surface area contributed by atoms with Gasteiger partial charge in [-0.2, -0.15) is 0 Å². The van der Waals surface area contributed by atoms with Gasteiger partial charge in [-0.15, -0.1) is 0 Å².